The van der Waals surface area contributed by atoms with E-state index in [9.17, 15) is 4.79 Å². The Labute approximate surface area is 99.7 Å². The van der Waals surface area contributed by atoms with Crippen LogP contribution in [0.5, 0.6) is 0 Å². The minimum Gasteiger partial charge on any atom is -0.383 e. The molecule has 0 aliphatic carbocycles. The summed E-state index contributed by atoms with van der Waals surface area (Å²) >= 11 is 5.87. The van der Waals surface area contributed by atoms with Crippen molar-refractivity contribution in [3.8, 4) is 0 Å². The van der Waals surface area contributed by atoms with Gasteiger partial charge in [-0.2, -0.15) is 5.10 Å². The Morgan fingerprint density at radius 3 is 2.94 bits per heavy atom. The van der Waals surface area contributed by atoms with Gasteiger partial charge in [-0.05, 0) is 13.8 Å². The number of hydrogen-bond acceptors (Lipinski definition) is 3. The minimum atomic E-state index is -0.372. The standard InChI is InChI=1S/C10H16ClN3O2/c1-7-9(11)6-14(13-7)8(2)10(15)12-4-5-16-3/h6,8H,4-5H2,1-3H3,(H,12,15). The first-order valence-electron chi connectivity index (χ1n) is 5.04. The van der Waals surface area contributed by atoms with Crippen LogP contribution in [0.25, 0.3) is 0 Å². The molecule has 0 aliphatic heterocycles. The lowest BCUT2D eigenvalue weighted by Gasteiger charge is -2.12. The molecule has 1 atom stereocenters. The predicted molar refractivity (Wildman–Crippen MR) is 61.6 cm³/mol. The van der Waals surface area contributed by atoms with Gasteiger partial charge in [-0.1, -0.05) is 11.6 Å². The van der Waals surface area contributed by atoms with E-state index in [2.05, 4.69) is 10.4 Å². The zero-order valence-corrected chi connectivity index (χ0v) is 10.4. The quantitative estimate of drug-likeness (QED) is 0.793. The molecule has 0 radical (unpaired) electrons. The van der Waals surface area contributed by atoms with Crippen LogP contribution < -0.4 is 5.32 Å². The van der Waals surface area contributed by atoms with Crippen LogP contribution in [0.4, 0.5) is 0 Å². The highest BCUT2D eigenvalue weighted by Gasteiger charge is 2.16. The molecule has 0 bridgehead atoms. The molecule has 1 N–H and O–H groups in total. The zero-order chi connectivity index (χ0) is 12.1. The van der Waals surface area contributed by atoms with Crippen LogP contribution in [0.1, 0.15) is 18.7 Å². The second-order valence-corrected chi connectivity index (χ2v) is 3.91. The Bertz CT molecular complexity index is 345. The van der Waals surface area contributed by atoms with Crippen molar-refractivity contribution in [2.45, 2.75) is 19.9 Å². The number of aryl methyl sites for hydroxylation is 1. The highest BCUT2D eigenvalue weighted by atomic mass is 35.5. The highest BCUT2D eigenvalue weighted by molar-refractivity contribution is 6.31. The van der Waals surface area contributed by atoms with Gasteiger partial charge in [0.2, 0.25) is 5.91 Å². The molecule has 5 nitrogen and oxygen atoms in total. The highest BCUT2D eigenvalue weighted by Crippen LogP contribution is 2.15. The molecule has 90 valence electrons. The summed E-state index contributed by atoms with van der Waals surface area (Å²) in [6.45, 7) is 4.56. The maximum absolute atomic E-state index is 11.7. The Kier molecular flexibility index (Phi) is 4.76. The van der Waals surface area contributed by atoms with Crippen molar-refractivity contribution >= 4 is 17.5 Å². The molecule has 1 unspecified atom stereocenters. The van der Waals surface area contributed by atoms with Gasteiger partial charge < -0.3 is 10.1 Å². The molecule has 0 saturated heterocycles. The summed E-state index contributed by atoms with van der Waals surface area (Å²) in [5.41, 5.74) is 0.721. The van der Waals surface area contributed by atoms with Crippen LogP contribution in [0.15, 0.2) is 6.20 Å². The fourth-order valence-electron chi connectivity index (χ4n) is 1.20. The van der Waals surface area contributed by atoms with Crippen molar-refractivity contribution in [1.29, 1.82) is 0 Å². The molecule has 1 aromatic heterocycles. The van der Waals surface area contributed by atoms with E-state index >= 15 is 0 Å². The van der Waals surface area contributed by atoms with Crippen molar-refractivity contribution in [1.82, 2.24) is 15.1 Å². The molecule has 0 spiro atoms. The van der Waals surface area contributed by atoms with Crippen molar-refractivity contribution in [3.63, 3.8) is 0 Å². The number of aromatic nitrogens is 2. The Balaban J connectivity index is 2.56. The number of amides is 1. The fraction of sp³-hybridized carbons (Fsp3) is 0.600. The minimum absolute atomic E-state index is 0.101. The first-order chi connectivity index (χ1) is 7.56. The van der Waals surface area contributed by atoms with Gasteiger partial charge >= 0.3 is 0 Å². The number of halogens is 1. The Hall–Kier alpha value is -1.07. The third kappa shape index (κ3) is 3.21. The Morgan fingerprint density at radius 1 is 1.75 bits per heavy atom. The number of carbonyl (C=O) groups is 1. The van der Waals surface area contributed by atoms with Gasteiger partial charge in [0.15, 0.2) is 0 Å². The zero-order valence-electron chi connectivity index (χ0n) is 9.66. The molecular weight excluding hydrogens is 230 g/mol. The van der Waals surface area contributed by atoms with E-state index in [-0.39, 0.29) is 11.9 Å². The van der Waals surface area contributed by atoms with Gasteiger partial charge in [0, 0.05) is 19.9 Å². The smallest absolute Gasteiger partial charge is 0.244 e. The van der Waals surface area contributed by atoms with E-state index < -0.39 is 0 Å². The summed E-state index contributed by atoms with van der Waals surface area (Å²) in [6, 6.07) is -0.372. The maximum atomic E-state index is 11.7. The lowest BCUT2D eigenvalue weighted by Crippen LogP contribution is -2.33. The summed E-state index contributed by atoms with van der Waals surface area (Å²) in [4.78, 5) is 11.7. The van der Waals surface area contributed by atoms with Gasteiger partial charge in [0.25, 0.3) is 0 Å². The van der Waals surface area contributed by atoms with Crippen molar-refractivity contribution in [2.24, 2.45) is 0 Å². The topological polar surface area (TPSA) is 56.1 Å². The van der Waals surface area contributed by atoms with Crippen LogP contribution in [-0.4, -0.2) is 35.9 Å². The first-order valence-corrected chi connectivity index (χ1v) is 5.42. The lowest BCUT2D eigenvalue weighted by molar-refractivity contribution is -0.124. The summed E-state index contributed by atoms with van der Waals surface area (Å²) in [5.74, 6) is -0.101. The third-order valence-electron chi connectivity index (χ3n) is 2.24. The molecule has 6 heteroatoms. The summed E-state index contributed by atoms with van der Waals surface area (Å²) in [5, 5.41) is 7.46. The maximum Gasteiger partial charge on any atom is 0.244 e. The van der Waals surface area contributed by atoms with Crippen molar-refractivity contribution in [2.75, 3.05) is 20.3 Å². The third-order valence-corrected chi connectivity index (χ3v) is 2.61. The SMILES string of the molecule is COCCNC(=O)C(C)n1cc(Cl)c(C)n1. The molecule has 1 heterocycles. The van der Waals surface area contributed by atoms with Crippen LogP contribution >= 0.6 is 11.6 Å². The molecular formula is C10H16ClN3O2. The molecule has 16 heavy (non-hydrogen) atoms. The number of carbonyl (C=O) groups excluding carboxylic acids is 1. The van der Waals surface area contributed by atoms with Crippen LogP contribution in [0.2, 0.25) is 5.02 Å². The summed E-state index contributed by atoms with van der Waals surface area (Å²) < 4.78 is 6.40. The van der Waals surface area contributed by atoms with Gasteiger partial charge in [-0.3, -0.25) is 9.48 Å². The van der Waals surface area contributed by atoms with E-state index in [1.807, 2.05) is 0 Å². The summed E-state index contributed by atoms with van der Waals surface area (Å²) in [7, 11) is 1.59. The van der Waals surface area contributed by atoms with E-state index in [0.29, 0.717) is 18.2 Å². The monoisotopic (exact) mass is 245 g/mol. The molecule has 0 saturated carbocycles. The molecule has 1 rings (SSSR count). The second kappa shape index (κ2) is 5.86. The van der Waals surface area contributed by atoms with Gasteiger partial charge in [-0.25, -0.2) is 0 Å². The normalized spacial score (nSPS) is 12.5. The largest absolute Gasteiger partial charge is 0.383 e. The van der Waals surface area contributed by atoms with Crippen LogP contribution in [0, 0.1) is 6.92 Å². The average Bonchev–Trinajstić information content (AvgIpc) is 2.58. The van der Waals surface area contributed by atoms with E-state index in [4.69, 9.17) is 16.3 Å². The van der Waals surface area contributed by atoms with Crippen LogP contribution in [-0.2, 0) is 9.53 Å². The van der Waals surface area contributed by atoms with E-state index in [1.54, 1.807) is 31.8 Å². The lowest BCUT2D eigenvalue weighted by atomic mass is 10.3. The number of rotatable bonds is 5. The van der Waals surface area contributed by atoms with Crippen molar-refractivity contribution < 1.29 is 9.53 Å². The number of ether oxygens (including phenoxy) is 1. The number of nitrogens with one attached hydrogen (secondary N) is 1. The number of methoxy groups -OCH3 is 1. The first kappa shape index (κ1) is 13.0. The average molecular weight is 246 g/mol. The molecule has 1 aromatic rings. The fourth-order valence-corrected chi connectivity index (χ4v) is 1.34. The molecule has 0 aromatic carbocycles. The molecule has 0 fully saturated rings. The molecule has 1 amide bonds. The van der Waals surface area contributed by atoms with E-state index in [0.717, 1.165) is 5.69 Å². The predicted octanol–water partition coefficient (Wildman–Crippen LogP) is 1.17. The number of hydrogen-bond donors (Lipinski definition) is 1. The van der Waals surface area contributed by atoms with Crippen molar-refractivity contribution in [3.05, 3.63) is 16.9 Å². The molecule has 0 aliphatic rings. The van der Waals surface area contributed by atoms with Gasteiger partial charge in [0.1, 0.15) is 6.04 Å². The number of nitrogens with zero attached hydrogens (tertiary/aromatic N) is 2. The van der Waals surface area contributed by atoms with Gasteiger partial charge in [-0.15, -0.1) is 0 Å². The van der Waals surface area contributed by atoms with Crippen LogP contribution in [0.3, 0.4) is 0 Å². The second-order valence-electron chi connectivity index (χ2n) is 3.50. The Morgan fingerprint density at radius 2 is 2.44 bits per heavy atom. The summed E-state index contributed by atoms with van der Waals surface area (Å²) in [6.07, 6.45) is 1.65. The van der Waals surface area contributed by atoms with Gasteiger partial charge in [0.05, 0.1) is 17.3 Å². The van der Waals surface area contributed by atoms with E-state index in [1.165, 1.54) is 0 Å².